The molecule has 1 unspecified atom stereocenters. The number of hydrogen-bond acceptors (Lipinski definition) is 3. The van der Waals surface area contributed by atoms with Crippen LogP contribution in [-0.4, -0.2) is 35.8 Å². The Balaban J connectivity index is 1.89. The molecule has 5 nitrogen and oxygen atoms in total. The highest BCUT2D eigenvalue weighted by Crippen LogP contribution is 2.11. The number of rotatable bonds is 3. The van der Waals surface area contributed by atoms with Gasteiger partial charge in [-0.3, -0.25) is 9.59 Å². The lowest BCUT2D eigenvalue weighted by Crippen LogP contribution is -2.36. The number of anilines is 1. The normalized spacial score (nSPS) is 18.4. The van der Waals surface area contributed by atoms with Crippen LogP contribution in [-0.2, 0) is 9.59 Å². The molecular formula is C15H19N3O2. The SMILES string of the molecule is CC(=O)NC1CCN(C(=O)/C=C/c2ccc(N)cc2)C1. The topological polar surface area (TPSA) is 75.4 Å². The Hall–Kier alpha value is -2.30. The number of benzene rings is 1. The summed E-state index contributed by atoms with van der Waals surface area (Å²) in [5.41, 5.74) is 7.24. The number of nitrogens with one attached hydrogen (secondary N) is 1. The molecule has 20 heavy (non-hydrogen) atoms. The molecule has 0 bridgehead atoms. The van der Waals surface area contributed by atoms with Gasteiger partial charge < -0.3 is 16.0 Å². The lowest BCUT2D eigenvalue weighted by Gasteiger charge is -2.14. The van der Waals surface area contributed by atoms with Crippen molar-refractivity contribution in [3.63, 3.8) is 0 Å². The van der Waals surface area contributed by atoms with Crippen molar-refractivity contribution in [2.75, 3.05) is 18.8 Å². The molecule has 2 rings (SSSR count). The van der Waals surface area contributed by atoms with Crippen LogP contribution in [0.2, 0.25) is 0 Å². The summed E-state index contributed by atoms with van der Waals surface area (Å²) < 4.78 is 0. The van der Waals surface area contributed by atoms with Gasteiger partial charge in [-0.1, -0.05) is 12.1 Å². The van der Waals surface area contributed by atoms with Crippen LogP contribution >= 0.6 is 0 Å². The molecule has 1 atom stereocenters. The first-order chi connectivity index (χ1) is 9.54. The fourth-order valence-corrected chi connectivity index (χ4v) is 2.25. The van der Waals surface area contributed by atoms with Crippen LogP contribution in [0.15, 0.2) is 30.3 Å². The molecule has 3 N–H and O–H groups in total. The average Bonchev–Trinajstić information content (AvgIpc) is 2.85. The van der Waals surface area contributed by atoms with Crippen molar-refractivity contribution < 1.29 is 9.59 Å². The van der Waals surface area contributed by atoms with Crippen LogP contribution in [0.4, 0.5) is 5.69 Å². The van der Waals surface area contributed by atoms with E-state index in [0.717, 1.165) is 12.0 Å². The van der Waals surface area contributed by atoms with Crippen molar-refractivity contribution in [2.24, 2.45) is 0 Å². The van der Waals surface area contributed by atoms with Gasteiger partial charge in [-0.25, -0.2) is 0 Å². The summed E-state index contributed by atoms with van der Waals surface area (Å²) in [4.78, 5) is 24.7. The van der Waals surface area contributed by atoms with E-state index in [1.165, 1.54) is 6.92 Å². The van der Waals surface area contributed by atoms with Crippen LogP contribution < -0.4 is 11.1 Å². The zero-order valence-corrected chi connectivity index (χ0v) is 11.5. The van der Waals surface area contributed by atoms with E-state index in [1.807, 2.05) is 12.1 Å². The van der Waals surface area contributed by atoms with Crippen molar-refractivity contribution in [1.82, 2.24) is 10.2 Å². The van der Waals surface area contributed by atoms with E-state index in [2.05, 4.69) is 5.32 Å². The maximum Gasteiger partial charge on any atom is 0.246 e. The second kappa shape index (κ2) is 6.23. The van der Waals surface area contributed by atoms with Crippen molar-refractivity contribution in [3.8, 4) is 0 Å². The zero-order chi connectivity index (χ0) is 14.5. The predicted octanol–water partition coefficient (Wildman–Crippen LogP) is 1.02. The van der Waals surface area contributed by atoms with Crippen molar-refractivity contribution in [2.45, 2.75) is 19.4 Å². The quantitative estimate of drug-likeness (QED) is 0.637. The standard InChI is InChI=1S/C15H19N3O2/c1-11(19)17-14-8-9-18(10-14)15(20)7-4-12-2-5-13(16)6-3-12/h2-7,14H,8-10,16H2,1H3,(H,17,19)/b7-4+. The predicted molar refractivity (Wildman–Crippen MR) is 78.7 cm³/mol. The van der Waals surface area contributed by atoms with Gasteiger partial charge in [0.2, 0.25) is 11.8 Å². The van der Waals surface area contributed by atoms with Gasteiger partial charge >= 0.3 is 0 Å². The summed E-state index contributed by atoms with van der Waals surface area (Å²) in [7, 11) is 0. The summed E-state index contributed by atoms with van der Waals surface area (Å²) >= 11 is 0. The Morgan fingerprint density at radius 1 is 1.35 bits per heavy atom. The van der Waals surface area contributed by atoms with E-state index in [-0.39, 0.29) is 17.9 Å². The maximum absolute atomic E-state index is 12.0. The van der Waals surface area contributed by atoms with Crippen LogP contribution in [0.1, 0.15) is 18.9 Å². The van der Waals surface area contributed by atoms with Gasteiger partial charge in [-0.15, -0.1) is 0 Å². The highest BCUT2D eigenvalue weighted by atomic mass is 16.2. The van der Waals surface area contributed by atoms with Crippen molar-refractivity contribution in [3.05, 3.63) is 35.9 Å². The molecular weight excluding hydrogens is 254 g/mol. The second-order valence-electron chi connectivity index (χ2n) is 4.97. The third kappa shape index (κ3) is 3.85. The molecule has 0 radical (unpaired) electrons. The molecule has 0 aromatic heterocycles. The lowest BCUT2D eigenvalue weighted by atomic mass is 10.2. The Labute approximate surface area is 118 Å². The smallest absolute Gasteiger partial charge is 0.246 e. The van der Waals surface area contributed by atoms with E-state index in [9.17, 15) is 9.59 Å². The van der Waals surface area contributed by atoms with E-state index < -0.39 is 0 Å². The number of carbonyl (C=O) groups is 2. The minimum atomic E-state index is -0.0540. The summed E-state index contributed by atoms with van der Waals surface area (Å²) in [5.74, 6) is -0.0867. The number of likely N-dealkylation sites (tertiary alicyclic amines) is 1. The van der Waals surface area contributed by atoms with Gasteiger partial charge in [-0.05, 0) is 30.2 Å². The molecule has 1 aliphatic rings. The van der Waals surface area contributed by atoms with E-state index in [4.69, 9.17) is 5.73 Å². The second-order valence-corrected chi connectivity index (χ2v) is 4.97. The molecule has 1 aromatic rings. The average molecular weight is 273 g/mol. The van der Waals surface area contributed by atoms with Gasteiger partial charge in [0.15, 0.2) is 0 Å². The summed E-state index contributed by atoms with van der Waals surface area (Å²) in [5, 5.41) is 2.84. The summed E-state index contributed by atoms with van der Waals surface area (Å²) in [6.07, 6.45) is 4.14. The van der Waals surface area contributed by atoms with Crippen LogP contribution in [0.5, 0.6) is 0 Å². The number of nitrogens with zero attached hydrogens (tertiary/aromatic N) is 1. The van der Waals surface area contributed by atoms with Gasteiger partial charge in [0.05, 0.1) is 0 Å². The van der Waals surface area contributed by atoms with Crippen LogP contribution in [0.25, 0.3) is 6.08 Å². The largest absolute Gasteiger partial charge is 0.399 e. The molecule has 0 saturated carbocycles. The molecule has 1 aromatic carbocycles. The van der Waals surface area contributed by atoms with Gasteiger partial charge in [0.1, 0.15) is 0 Å². The van der Waals surface area contributed by atoms with Crippen molar-refractivity contribution >= 4 is 23.6 Å². The highest BCUT2D eigenvalue weighted by Gasteiger charge is 2.25. The first-order valence-electron chi connectivity index (χ1n) is 6.64. The summed E-state index contributed by atoms with van der Waals surface area (Å²) in [6.45, 7) is 2.74. The number of amides is 2. The van der Waals surface area contributed by atoms with E-state index in [0.29, 0.717) is 18.8 Å². The number of nitrogens with two attached hydrogens (primary N) is 1. The lowest BCUT2D eigenvalue weighted by molar-refractivity contribution is -0.125. The fourth-order valence-electron chi connectivity index (χ4n) is 2.25. The minimum absolute atomic E-state index is 0.0327. The molecule has 2 amide bonds. The number of nitrogen functional groups attached to an aromatic ring is 1. The maximum atomic E-state index is 12.0. The molecule has 0 aliphatic carbocycles. The van der Waals surface area contributed by atoms with Gasteiger partial charge in [-0.2, -0.15) is 0 Å². The molecule has 1 saturated heterocycles. The first-order valence-corrected chi connectivity index (χ1v) is 6.64. The van der Waals surface area contributed by atoms with E-state index >= 15 is 0 Å². The van der Waals surface area contributed by atoms with Crippen LogP contribution in [0, 0.1) is 0 Å². The van der Waals surface area contributed by atoms with Gasteiger partial charge in [0.25, 0.3) is 0 Å². The third-order valence-electron chi connectivity index (χ3n) is 3.26. The number of hydrogen-bond donors (Lipinski definition) is 2. The molecule has 5 heteroatoms. The van der Waals surface area contributed by atoms with E-state index in [1.54, 1.807) is 29.2 Å². The minimum Gasteiger partial charge on any atom is -0.399 e. The molecule has 1 heterocycles. The Morgan fingerprint density at radius 2 is 2.05 bits per heavy atom. The molecule has 1 fully saturated rings. The third-order valence-corrected chi connectivity index (χ3v) is 3.26. The van der Waals surface area contributed by atoms with Crippen LogP contribution in [0.3, 0.4) is 0 Å². The first kappa shape index (κ1) is 14.1. The summed E-state index contributed by atoms with van der Waals surface area (Å²) in [6, 6.07) is 7.40. The molecule has 1 aliphatic heterocycles. The number of carbonyl (C=O) groups excluding carboxylic acids is 2. The molecule has 106 valence electrons. The highest BCUT2D eigenvalue weighted by molar-refractivity contribution is 5.92. The fraction of sp³-hybridized carbons (Fsp3) is 0.333. The Bertz CT molecular complexity index is 522. The van der Waals surface area contributed by atoms with Crippen molar-refractivity contribution in [1.29, 1.82) is 0 Å². The van der Waals surface area contributed by atoms with Gasteiger partial charge in [0, 0.05) is 37.8 Å². The Kier molecular flexibility index (Phi) is 4.40. The molecule has 0 spiro atoms. The monoisotopic (exact) mass is 273 g/mol. The Morgan fingerprint density at radius 3 is 2.70 bits per heavy atom. The zero-order valence-electron chi connectivity index (χ0n) is 11.5.